The average molecular weight is 435 g/mol. The fraction of sp³-hybridized carbons (Fsp3) is 0.136. The number of nitrogens with one attached hydrogen (secondary N) is 1. The van der Waals surface area contributed by atoms with Crippen LogP contribution in [0.15, 0.2) is 48.8 Å². The number of carbonyl (C=O) groups is 1. The molecule has 1 N–H and O–H groups in total. The normalized spacial score (nSPS) is 10.9. The predicted molar refractivity (Wildman–Crippen MR) is 116 cm³/mol. The summed E-state index contributed by atoms with van der Waals surface area (Å²) in [5, 5.41) is 14.8. The quantitative estimate of drug-likeness (QED) is 0.279. The van der Waals surface area contributed by atoms with Crippen LogP contribution in [0.3, 0.4) is 0 Å². The fourth-order valence-electron chi connectivity index (χ4n) is 3.47. The van der Waals surface area contributed by atoms with Gasteiger partial charge in [0.2, 0.25) is 11.8 Å². The van der Waals surface area contributed by atoms with Crippen LogP contribution < -0.4 is 5.32 Å². The molecule has 0 atom stereocenters. The molecule has 4 rings (SSSR count). The molecule has 0 aliphatic heterocycles. The number of esters is 1. The third kappa shape index (κ3) is 3.73. The topological polar surface area (TPSA) is 112 Å². The van der Waals surface area contributed by atoms with Crippen molar-refractivity contribution in [3.05, 3.63) is 75.9 Å². The highest BCUT2D eigenvalue weighted by Crippen LogP contribution is 2.31. The van der Waals surface area contributed by atoms with Crippen LogP contribution in [0.4, 0.5) is 21.7 Å². The summed E-state index contributed by atoms with van der Waals surface area (Å²) >= 11 is 0. The second-order valence-electron chi connectivity index (χ2n) is 7.14. The number of nitrogens with zero attached hydrogens (tertiary/aromatic N) is 4. The van der Waals surface area contributed by atoms with Gasteiger partial charge in [-0.05, 0) is 42.8 Å². The maximum atomic E-state index is 13.8. The van der Waals surface area contributed by atoms with Crippen LogP contribution in [0.25, 0.3) is 22.2 Å². The van der Waals surface area contributed by atoms with Crippen molar-refractivity contribution in [2.24, 2.45) is 7.05 Å². The Labute approximate surface area is 181 Å². The molecule has 0 saturated heterocycles. The first-order valence-corrected chi connectivity index (χ1v) is 9.51. The lowest BCUT2D eigenvalue weighted by molar-refractivity contribution is -0.387. The number of hydrogen-bond acceptors (Lipinski definition) is 7. The van der Waals surface area contributed by atoms with E-state index < -0.39 is 22.4 Å². The lowest BCUT2D eigenvalue weighted by Crippen LogP contribution is -2.02. The number of ether oxygens (including phenoxy) is 1. The molecule has 0 aliphatic rings. The number of fused-ring (bicyclic) bond motifs is 1. The van der Waals surface area contributed by atoms with Crippen LogP contribution in [0, 0.1) is 22.9 Å². The van der Waals surface area contributed by atoms with E-state index in [0.29, 0.717) is 22.5 Å². The van der Waals surface area contributed by atoms with Gasteiger partial charge in [-0.3, -0.25) is 10.1 Å². The van der Waals surface area contributed by atoms with Gasteiger partial charge in [-0.2, -0.15) is 4.39 Å². The molecule has 10 heteroatoms. The van der Waals surface area contributed by atoms with Gasteiger partial charge in [-0.15, -0.1) is 0 Å². The Morgan fingerprint density at radius 1 is 1.25 bits per heavy atom. The summed E-state index contributed by atoms with van der Waals surface area (Å²) in [4.78, 5) is 30.9. The molecule has 0 spiro atoms. The second kappa shape index (κ2) is 8.06. The van der Waals surface area contributed by atoms with Crippen molar-refractivity contribution in [3.8, 4) is 11.3 Å². The molecule has 4 aromatic rings. The summed E-state index contributed by atoms with van der Waals surface area (Å²) in [7, 11) is 3.20. The van der Waals surface area contributed by atoms with Gasteiger partial charge in [-0.25, -0.2) is 14.8 Å². The number of methoxy groups -OCH3 is 1. The van der Waals surface area contributed by atoms with Crippen LogP contribution in [-0.2, 0) is 11.8 Å². The molecule has 0 fully saturated rings. The molecule has 0 saturated carbocycles. The SMILES string of the molecule is COC(=O)c1ccc2c(c1)c(-c1ccnc(Nc3cc([N+](=O)[O-])c(F)cc3C)n1)cn2C. The van der Waals surface area contributed by atoms with Crippen LogP contribution in [0.2, 0.25) is 0 Å². The predicted octanol–water partition coefficient (Wildman–Crippen LogP) is 4.52. The van der Waals surface area contributed by atoms with Crippen molar-refractivity contribution in [1.29, 1.82) is 0 Å². The summed E-state index contributed by atoms with van der Waals surface area (Å²) in [5.41, 5.74) is 2.79. The highest BCUT2D eigenvalue weighted by molar-refractivity contribution is 6.00. The summed E-state index contributed by atoms with van der Waals surface area (Å²) in [6.45, 7) is 1.62. The van der Waals surface area contributed by atoms with Crippen molar-refractivity contribution in [2.45, 2.75) is 6.92 Å². The molecule has 0 radical (unpaired) electrons. The lowest BCUT2D eigenvalue weighted by atomic mass is 10.1. The van der Waals surface area contributed by atoms with Gasteiger partial charge in [0.05, 0.1) is 29.0 Å². The van der Waals surface area contributed by atoms with E-state index in [4.69, 9.17) is 4.74 Å². The van der Waals surface area contributed by atoms with Crippen molar-refractivity contribution in [3.63, 3.8) is 0 Å². The van der Waals surface area contributed by atoms with Gasteiger partial charge in [0, 0.05) is 42.0 Å². The Hall–Kier alpha value is -4.34. The number of nitro benzene ring substituents is 1. The number of anilines is 2. The van der Waals surface area contributed by atoms with Crippen LogP contribution in [-0.4, -0.2) is 32.5 Å². The average Bonchev–Trinajstić information content (AvgIpc) is 3.11. The lowest BCUT2D eigenvalue weighted by Gasteiger charge is -2.09. The maximum Gasteiger partial charge on any atom is 0.337 e. The minimum Gasteiger partial charge on any atom is -0.465 e. The minimum absolute atomic E-state index is 0.188. The third-order valence-electron chi connectivity index (χ3n) is 5.08. The van der Waals surface area contributed by atoms with Crippen LogP contribution >= 0.6 is 0 Å². The zero-order valence-electron chi connectivity index (χ0n) is 17.4. The molecule has 32 heavy (non-hydrogen) atoms. The molecular weight excluding hydrogens is 417 g/mol. The first-order chi connectivity index (χ1) is 15.3. The minimum atomic E-state index is -0.912. The van der Waals surface area contributed by atoms with E-state index in [1.165, 1.54) is 7.11 Å². The molecular formula is C22H18FN5O4. The number of hydrogen-bond donors (Lipinski definition) is 1. The second-order valence-corrected chi connectivity index (χ2v) is 7.14. The smallest absolute Gasteiger partial charge is 0.337 e. The molecule has 0 bridgehead atoms. The van der Waals surface area contributed by atoms with Crippen molar-refractivity contribution < 1.29 is 18.8 Å². The van der Waals surface area contributed by atoms with Gasteiger partial charge in [0.25, 0.3) is 0 Å². The van der Waals surface area contributed by atoms with Crippen LogP contribution in [0.1, 0.15) is 15.9 Å². The van der Waals surface area contributed by atoms with E-state index in [1.54, 1.807) is 31.3 Å². The summed E-state index contributed by atoms with van der Waals surface area (Å²) in [5.74, 6) is -1.17. The molecule has 2 aromatic carbocycles. The van der Waals surface area contributed by atoms with Gasteiger partial charge in [0.1, 0.15) is 0 Å². The molecule has 0 aliphatic carbocycles. The van der Waals surface area contributed by atoms with E-state index in [2.05, 4.69) is 15.3 Å². The Bertz CT molecular complexity index is 1380. The van der Waals surface area contributed by atoms with Gasteiger partial charge in [0.15, 0.2) is 0 Å². The number of benzene rings is 2. The van der Waals surface area contributed by atoms with E-state index in [0.717, 1.165) is 28.6 Å². The van der Waals surface area contributed by atoms with E-state index in [9.17, 15) is 19.3 Å². The zero-order chi connectivity index (χ0) is 23.0. The standard InChI is InChI=1S/C22H18FN5O4/c1-12-8-16(23)20(28(30)31)10-18(12)26-22-24-7-6-17(25-22)15-11-27(2)19-5-4-13(9-14(15)19)21(29)32-3/h4-11H,1-3H3,(H,24,25,26). The first-order valence-electron chi connectivity index (χ1n) is 9.51. The third-order valence-corrected chi connectivity index (χ3v) is 5.08. The summed E-state index contributed by atoms with van der Waals surface area (Å²) in [6.07, 6.45) is 3.42. The fourth-order valence-corrected chi connectivity index (χ4v) is 3.47. The monoisotopic (exact) mass is 435 g/mol. The van der Waals surface area contributed by atoms with Crippen LogP contribution in [0.5, 0.6) is 0 Å². The first kappa shape index (κ1) is 20.9. The number of aryl methyl sites for hydroxylation is 2. The van der Waals surface area contributed by atoms with Gasteiger partial charge in [-0.1, -0.05) is 0 Å². The zero-order valence-corrected chi connectivity index (χ0v) is 17.4. The van der Waals surface area contributed by atoms with E-state index in [-0.39, 0.29) is 5.95 Å². The van der Waals surface area contributed by atoms with E-state index >= 15 is 0 Å². The largest absolute Gasteiger partial charge is 0.465 e. The molecule has 0 amide bonds. The maximum absolute atomic E-state index is 13.8. The Kier molecular flexibility index (Phi) is 5.27. The van der Waals surface area contributed by atoms with Gasteiger partial charge >= 0.3 is 11.7 Å². The number of nitro groups is 1. The summed E-state index contributed by atoms with van der Waals surface area (Å²) < 4.78 is 20.6. The summed E-state index contributed by atoms with van der Waals surface area (Å²) in [6, 6.07) is 9.16. The highest BCUT2D eigenvalue weighted by Gasteiger charge is 2.18. The number of halogens is 1. The molecule has 0 unspecified atom stereocenters. The molecule has 2 heterocycles. The van der Waals surface area contributed by atoms with Crippen molar-refractivity contribution in [2.75, 3.05) is 12.4 Å². The van der Waals surface area contributed by atoms with E-state index in [1.807, 2.05) is 23.9 Å². The Balaban J connectivity index is 1.76. The number of rotatable bonds is 5. The number of carbonyl (C=O) groups excluding carboxylic acids is 1. The Morgan fingerprint density at radius 3 is 2.75 bits per heavy atom. The van der Waals surface area contributed by atoms with Crippen molar-refractivity contribution >= 4 is 34.2 Å². The molecule has 2 aromatic heterocycles. The van der Waals surface area contributed by atoms with Gasteiger partial charge < -0.3 is 14.6 Å². The molecule has 162 valence electrons. The van der Waals surface area contributed by atoms with Crippen molar-refractivity contribution in [1.82, 2.24) is 14.5 Å². The molecule has 9 nitrogen and oxygen atoms in total. The Morgan fingerprint density at radius 2 is 2.03 bits per heavy atom. The number of aromatic nitrogens is 3. The highest BCUT2D eigenvalue weighted by atomic mass is 19.1.